The minimum absolute atomic E-state index is 0. The number of carbonyl (C=O) groups excluding carboxylic acids is 1. The molecule has 38 heavy (non-hydrogen) atoms. The summed E-state index contributed by atoms with van der Waals surface area (Å²) >= 11 is 0. The Morgan fingerprint density at radius 3 is 1.55 bits per heavy atom. The largest absolute Gasteiger partial charge is 0.344 e. The zero-order valence-corrected chi connectivity index (χ0v) is 23.0. The lowest BCUT2D eigenvalue weighted by molar-refractivity contribution is 0.103. The van der Waals surface area contributed by atoms with Gasteiger partial charge in [0.1, 0.15) is 0 Å². The molecule has 0 bridgehead atoms. The molecule has 1 aromatic heterocycles. The molecule has 0 spiro atoms. The van der Waals surface area contributed by atoms with E-state index in [1.807, 2.05) is 54.6 Å². The summed E-state index contributed by atoms with van der Waals surface area (Å²) in [5.41, 5.74) is 2.19. The van der Waals surface area contributed by atoms with Crippen LogP contribution in [0.2, 0.25) is 0 Å². The summed E-state index contributed by atoms with van der Waals surface area (Å²) in [7, 11) is 0. The van der Waals surface area contributed by atoms with Crippen LogP contribution in [-0.4, -0.2) is 46.9 Å². The number of rotatable bonds is 6. The van der Waals surface area contributed by atoms with Gasteiger partial charge in [0, 0.05) is 48.7 Å². The molecule has 0 aliphatic carbocycles. The molecule has 218 valence electrons. The molecule has 2 fully saturated rings. The highest BCUT2D eigenvalue weighted by Gasteiger charge is 2.20. The number of benzene rings is 2. The summed E-state index contributed by atoms with van der Waals surface area (Å²) < 4.78 is 0. The second-order valence-corrected chi connectivity index (χ2v) is 8.75. The third kappa shape index (κ3) is 8.33. The maximum atomic E-state index is 12.7. The molecule has 13 N–H and O–H groups in total. The topological polar surface area (TPSA) is 214 Å². The minimum Gasteiger partial charge on any atom is -0.344 e. The Kier molecular flexibility index (Phi) is 15.0. The van der Waals surface area contributed by atoms with E-state index < -0.39 is 0 Å². The average Bonchev–Trinajstić information content (AvgIpc) is 2.90. The number of ketones is 1. The van der Waals surface area contributed by atoms with E-state index >= 15 is 0 Å². The van der Waals surface area contributed by atoms with Gasteiger partial charge in [-0.1, -0.05) is 30.3 Å². The van der Waals surface area contributed by atoms with Crippen molar-refractivity contribution in [2.24, 2.45) is 0 Å². The number of halogens is 1. The SMILES string of the molecule is Cl.N.N.N.N.O=C(c1ccccc1)c1ccc(Nc2nc(N3CCCCC3)nc(N3CCCCC3)n2)cc1.[HH].[HH].[HH].[HH]. The van der Waals surface area contributed by atoms with Gasteiger partial charge in [0.2, 0.25) is 17.8 Å². The van der Waals surface area contributed by atoms with Crippen LogP contribution in [0.4, 0.5) is 23.5 Å². The van der Waals surface area contributed by atoms with Crippen LogP contribution >= 0.6 is 12.4 Å². The van der Waals surface area contributed by atoms with Gasteiger partial charge in [-0.15, -0.1) is 12.4 Å². The Labute approximate surface area is 237 Å². The highest BCUT2D eigenvalue weighted by Crippen LogP contribution is 2.24. The van der Waals surface area contributed by atoms with Crippen LogP contribution in [0.5, 0.6) is 0 Å². The van der Waals surface area contributed by atoms with E-state index in [1.165, 1.54) is 38.5 Å². The van der Waals surface area contributed by atoms with Crippen molar-refractivity contribution in [2.75, 3.05) is 41.3 Å². The van der Waals surface area contributed by atoms with E-state index in [0.29, 0.717) is 17.1 Å². The van der Waals surface area contributed by atoms with Crippen LogP contribution < -0.4 is 39.7 Å². The van der Waals surface area contributed by atoms with Crippen molar-refractivity contribution in [1.29, 1.82) is 0 Å². The number of piperidine rings is 2. The Morgan fingerprint density at radius 2 is 1.08 bits per heavy atom. The van der Waals surface area contributed by atoms with E-state index in [0.717, 1.165) is 43.8 Å². The fourth-order valence-electron chi connectivity index (χ4n) is 4.47. The van der Waals surface area contributed by atoms with Gasteiger partial charge in [0.25, 0.3) is 0 Å². The predicted octanol–water partition coefficient (Wildman–Crippen LogP) is 6.88. The number of hydrogen-bond donors (Lipinski definition) is 5. The number of nitrogens with one attached hydrogen (secondary N) is 1. The quantitative estimate of drug-likeness (QED) is 0.198. The van der Waals surface area contributed by atoms with E-state index in [9.17, 15) is 4.79 Å². The lowest BCUT2D eigenvalue weighted by Crippen LogP contribution is -2.34. The first kappa shape index (κ1) is 34.6. The third-order valence-corrected chi connectivity index (χ3v) is 6.33. The van der Waals surface area contributed by atoms with Gasteiger partial charge in [0.15, 0.2) is 5.78 Å². The van der Waals surface area contributed by atoms with Crippen molar-refractivity contribution in [3.8, 4) is 0 Å². The molecule has 0 unspecified atom stereocenters. The van der Waals surface area contributed by atoms with E-state index in [2.05, 4.69) is 15.1 Å². The molecule has 3 aromatic rings. The van der Waals surface area contributed by atoms with Gasteiger partial charge in [-0.05, 0) is 62.8 Å². The zero-order valence-electron chi connectivity index (χ0n) is 22.1. The second-order valence-electron chi connectivity index (χ2n) is 8.75. The van der Waals surface area contributed by atoms with Gasteiger partial charge < -0.3 is 39.7 Å². The Balaban J connectivity index is -0.000000507. The van der Waals surface area contributed by atoms with Gasteiger partial charge in [-0.25, -0.2) is 0 Å². The minimum atomic E-state index is 0. The summed E-state index contributed by atoms with van der Waals surface area (Å²) in [5.74, 6) is 2.07. The predicted molar refractivity (Wildman–Crippen MR) is 167 cm³/mol. The van der Waals surface area contributed by atoms with Crippen molar-refractivity contribution in [2.45, 2.75) is 38.5 Å². The van der Waals surface area contributed by atoms with Gasteiger partial charge in [-0.3, -0.25) is 4.79 Å². The van der Waals surface area contributed by atoms with Crippen LogP contribution in [0.3, 0.4) is 0 Å². The summed E-state index contributed by atoms with van der Waals surface area (Å²) in [4.78, 5) is 31.6. The highest BCUT2D eigenvalue weighted by atomic mass is 35.5. The zero-order chi connectivity index (χ0) is 22.5. The normalized spacial score (nSPS) is 14.3. The lowest BCUT2D eigenvalue weighted by Gasteiger charge is -2.30. The molecular weight excluding hydrogens is 504 g/mol. The van der Waals surface area contributed by atoms with E-state index in [4.69, 9.17) is 15.0 Å². The van der Waals surface area contributed by atoms with Crippen molar-refractivity contribution in [1.82, 2.24) is 39.6 Å². The Bertz CT molecular complexity index is 1070. The second kappa shape index (κ2) is 16.5. The van der Waals surface area contributed by atoms with E-state index in [1.54, 1.807) is 0 Å². The molecule has 12 heteroatoms. The number of aromatic nitrogens is 3. The van der Waals surface area contributed by atoms with Crippen LogP contribution in [0.25, 0.3) is 0 Å². The van der Waals surface area contributed by atoms with Gasteiger partial charge in [0.05, 0.1) is 0 Å². The summed E-state index contributed by atoms with van der Waals surface area (Å²) in [6.07, 6.45) is 7.21. The molecule has 2 saturated heterocycles. The Hall–Kier alpha value is -3.35. The van der Waals surface area contributed by atoms with Crippen molar-refractivity contribution in [3.63, 3.8) is 0 Å². The fourth-order valence-corrected chi connectivity index (χ4v) is 4.47. The summed E-state index contributed by atoms with van der Waals surface area (Å²) in [5, 5.41) is 3.34. The molecule has 0 amide bonds. The van der Waals surface area contributed by atoms with Crippen molar-refractivity contribution < 1.29 is 10.5 Å². The van der Waals surface area contributed by atoms with Gasteiger partial charge in [-0.2, -0.15) is 15.0 Å². The molecule has 2 aliphatic heterocycles. The summed E-state index contributed by atoms with van der Waals surface area (Å²) in [6, 6.07) is 16.8. The standard InChI is InChI=1S/C26H30N6O.ClH.4H3N.4H2/c33-23(20-10-4-1-5-11-20)21-12-14-22(15-13-21)27-24-28-25(31-16-6-2-7-17-31)30-26(29-24)32-18-8-3-9-19-32;;;;;;;;;/h1,4-5,10-15H,2-3,6-9,16-19H2,(H,27,28,29,30);1H;4*1H3;4*1H. The van der Waals surface area contributed by atoms with Gasteiger partial charge >= 0.3 is 0 Å². The van der Waals surface area contributed by atoms with Crippen molar-refractivity contribution >= 4 is 41.7 Å². The lowest BCUT2D eigenvalue weighted by atomic mass is 10.0. The van der Waals surface area contributed by atoms with Crippen LogP contribution in [0.1, 0.15) is 60.2 Å². The highest BCUT2D eigenvalue weighted by molar-refractivity contribution is 6.09. The number of carbonyl (C=O) groups is 1. The monoisotopic (exact) mass is 554 g/mol. The van der Waals surface area contributed by atoms with E-state index in [-0.39, 0.29) is 48.5 Å². The molecule has 2 aliphatic rings. The average molecular weight is 555 g/mol. The number of hydrogen-bond acceptors (Lipinski definition) is 11. The molecule has 0 saturated carbocycles. The van der Waals surface area contributed by atoms with Crippen molar-refractivity contribution in [3.05, 3.63) is 65.7 Å². The first-order valence-corrected chi connectivity index (χ1v) is 12.0. The molecule has 0 radical (unpaired) electrons. The molecule has 2 aromatic carbocycles. The fraction of sp³-hybridized carbons (Fsp3) is 0.385. The molecular formula is C26H51ClN10O. The first-order chi connectivity index (χ1) is 16.3. The molecule has 11 nitrogen and oxygen atoms in total. The summed E-state index contributed by atoms with van der Waals surface area (Å²) in [6.45, 7) is 3.94. The molecule has 5 rings (SSSR count). The van der Waals surface area contributed by atoms with Crippen LogP contribution in [-0.2, 0) is 0 Å². The van der Waals surface area contributed by atoms with Crippen LogP contribution in [0.15, 0.2) is 54.6 Å². The third-order valence-electron chi connectivity index (χ3n) is 6.33. The molecule has 0 atom stereocenters. The smallest absolute Gasteiger partial charge is 0.233 e. The maximum Gasteiger partial charge on any atom is 0.233 e. The first-order valence-electron chi connectivity index (χ1n) is 12.0. The number of nitrogens with zero attached hydrogens (tertiary/aromatic N) is 5. The molecule has 3 heterocycles. The number of anilines is 4. The Morgan fingerprint density at radius 1 is 0.632 bits per heavy atom. The maximum absolute atomic E-state index is 12.7. The van der Waals surface area contributed by atoms with Crippen LogP contribution in [0, 0.1) is 0 Å².